The highest BCUT2D eigenvalue weighted by Crippen LogP contribution is 2.36. The first-order valence-corrected chi connectivity index (χ1v) is 8.52. The number of hydrogen-bond acceptors (Lipinski definition) is 2. The van der Waals surface area contributed by atoms with Crippen molar-refractivity contribution < 1.29 is 0 Å². The summed E-state index contributed by atoms with van der Waals surface area (Å²) in [7, 11) is 0. The van der Waals surface area contributed by atoms with E-state index in [1.165, 1.54) is 48.1 Å². The molecule has 1 aliphatic rings. The summed E-state index contributed by atoms with van der Waals surface area (Å²) in [5, 5.41) is 0. The number of rotatable bonds is 4. The largest absolute Gasteiger partial charge is 0.371 e. The molecule has 1 aromatic carbocycles. The van der Waals surface area contributed by atoms with Crippen molar-refractivity contribution >= 4 is 21.6 Å². The minimum Gasteiger partial charge on any atom is -0.371 e. The quantitative estimate of drug-likeness (QED) is 0.883. The molecule has 1 unspecified atom stereocenters. The maximum Gasteiger partial charge on any atom is 0.0377 e. The third-order valence-corrected chi connectivity index (χ3v) is 5.51. The van der Waals surface area contributed by atoms with Crippen LogP contribution >= 0.6 is 15.9 Å². The molecule has 0 saturated carbocycles. The molecular weight excluding hydrogens is 312 g/mol. The van der Waals surface area contributed by atoms with Crippen LogP contribution in [0.2, 0.25) is 0 Å². The van der Waals surface area contributed by atoms with Crippen LogP contribution < -0.4 is 10.6 Å². The molecule has 20 heavy (non-hydrogen) atoms. The van der Waals surface area contributed by atoms with Crippen molar-refractivity contribution in [2.24, 2.45) is 11.1 Å². The smallest absolute Gasteiger partial charge is 0.0377 e. The molecule has 0 radical (unpaired) electrons. The van der Waals surface area contributed by atoms with Crippen LogP contribution in [0.5, 0.6) is 0 Å². The van der Waals surface area contributed by atoms with E-state index in [0.29, 0.717) is 5.41 Å². The summed E-state index contributed by atoms with van der Waals surface area (Å²) in [6, 6.07) is 6.93. The van der Waals surface area contributed by atoms with Crippen molar-refractivity contribution in [2.45, 2.75) is 52.5 Å². The van der Waals surface area contributed by atoms with Gasteiger partial charge in [0.15, 0.2) is 0 Å². The standard InChI is InChI=1S/C17H27BrN2/c1-4-17(3)7-9-20(10-8-17)15-6-5-14(11-13(2)19)16(18)12-15/h5-6,12-13H,4,7-11,19H2,1-3H3. The second-order valence-electron chi connectivity index (χ2n) is 6.61. The molecule has 1 heterocycles. The molecule has 2 N–H and O–H groups in total. The molecule has 1 aliphatic heterocycles. The summed E-state index contributed by atoms with van der Waals surface area (Å²) in [6.07, 6.45) is 4.80. The molecule has 0 amide bonds. The lowest BCUT2D eigenvalue weighted by Gasteiger charge is -2.40. The van der Waals surface area contributed by atoms with Gasteiger partial charge in [-0.2, -0.15) is 0 Å². The van der Waals surface area contributed by atoms with E-state index in [-0.39, 0.29) is 6.04 Å². The maximum absolute atomic E-state index is 5.89. The lowest BCUT2D eigenvalue weighted by Crippen LogP contribution is -2.38. The lowest BCUT2D eigenvalue weighted by atomic mass is 9.78. The van der Waals surface area contributed by atoms with Crippen LogP contribution in [0.15, 0.2) is 22.7 Å². The minimum absolute atomic E-state index is 0.206. The second kappa shape index (κ2) is 6.48. The van der Waals surface area contributed by atoms with Crippen LogP contribution in [0.4, 0.5) is 5.69 Å². The van der Waals surface area contributed by atoms with Crippen LogP contribution in [0, 0.1) is 5.41 Å². The fourth-order valence-corrected chi connectivity index (χ4v) is 3.43. The van der Waals surface area contributed by atoms with E-state index < -0.39 is 0 Å². The van der Waals surface area contributed by atoms with Crippen molar-refractivity contribution in [3.63, 3.8) is 0 Å². The Labute approximate surface area is 131 Å². The van der Waals surface area contributed by atoms with Crippen LogP contribution in [0.3, 0.4) is 0 Å². The third-order valence-electron chi connectivity index (χ3n) is 4.77. The van der Waals surface area contributed by atoms with Gasteiger partial charge in [0.05, 0.1) is 0 Å². The Kier molecular flexibility index (Phi) is 5.14. The topological polar surface area (TPSA) is 29.3 Å². The maximum atomic E-state index is 5.89. The predicted molar refractivity (Wildman–Crippen MR) is 91.3 cm³/mol. The minimum atomic E-state index is 0.206. The Hall–Kier alpha value is -0.540. The SMILES string of the molecule is CCC1(C)CCN(c2ccc(CC(C)N)c(Br)c2)CC1. The predicted octanol–water partition coefficient (Wildman–Crippen LogP) is 4.36. The Morgan fingerprint density at radius 3 is 2.50 bits per heavy atom. The fourth-order valence-electron chi connectivity index (χ4n) is 2.90. The van der Waals surface area contributed by atoms with Gasteiger partial charge < -0.3 is 10.6 Å². The fraction of sp³-hybridized carbons (Fsp3) is 0.647. The van der Waals surface area contributed by atoms with Crippen LogP contribution in [-0.4, -0.2) is 19.1 Å². The molecule has 1 saturated heterocycles. The Balaban J connectivity index is 2.06. The highest BCUT2D eigenvalue weighted by atomic mass is 79.9. The molecular formula is C17H27BrN2. The van der Waals surface area contributed by atoms with Gasteiger partial charge in [-0.1, -0.05) is 42.3 Å². The first-order chi connectivity index (χ1) is 9.43. The van der Waals surface area contributed by atoms with Gasteiger partial charge in [0.25, 0.3) is 0 Å². The molecule has 3 heteroatoms. The average Bonchev–Trinajstić information content (AvgIpc) is 2.42. The number of nitrogens with zero attached hydrogens (tertiary/aromatic N) is 1. The van der Waals surface area contributed by atoms with Crippen LogP contribution in [-0.2, 0) is 6.42 Å². The Bertz CT molecular complexity index is 448. The van der Waals surface area contributed by atoms with Gasteiger partial charge in [0, 0.05) is 29.3 Å². The highest BCUT2D eigenvalue weighted by Gasteiger charge is 2.28. The van der Waals surface area contributed by atoms with Crippen LogP contribution in [0.25, 0.3) is 0 Å². The van der Waals surface area contributed by atoms with E-state index >= 15 is 0 Å². The van der Waals surface area contributed by atoms with Gasteiger partial charge in [-0.3, -0.25) is 0 Å². The normalized spacial score (nSPS) is 19.9. The van der Waals surface area contributed by atoms with Gasteiger partial charge >= 0.3 is 0 Å². The number of halogens is 1. The molecule has 0 spiro atoms. The molecule has 0 aromatic heterocycles. The molecule has 112 valence electrons. The Morgan fingerprint density at radius 2 is 2.00 bits per heavy atom. The van der Waals surface area contributed by atoms with Crippen molar-refractivity contribution in [1.29, 1.82) is 0 Å². The van der Waals surface area contributed by atoms with Gasteiger partial charge in [0.1, 0.15) is 0 Å². The second-order valence-corrected chi connectivity index (χ2v) is 7.46. The van der Waals surface area contributed by atoms with Crippen molar-refractivity contribution in [3.8, 4) is 0 Å². The van der Waals surface area contributed by atoms with E-state index in [0.717, 1.165) is 6.42 Å². The van der Waals surface area contributed by atoms with Crippen molar-refractivity contribution in [2.75, 3.05) is 18.0 Å². The third kappa shape index (κ3) is 3.76. The van der Waals surface area contributed by atoms with E-state index in [1.807, 2.05) is 0 Å². The average molecular weight is 339 g/mol. The first-order valence-electron chi connectivity index (χ1n) is 7.72. The summed E-state index contributed by atoms with van der Waals surface area (Å²) < 4.78 is 1.19. The zero-order valence-corrected chi connectivity index (χ0v) is 14.5. The van der Waals surface area contributed by atoms with Crippen molar-refractivity contribution in [1.82, 2.24) is 0 Å². The van der Waals surface area contributed by atoms with E-state index in [9.17, 15) is 0 Å². The van der Waals surface area contributed by atoms with Crippen LogP contribution in [0.1, 0.15) is 45.6 Å². The van der Waals surface area contributed by atoms with Gasteiger partial charge in [-0.15, -0.1) is 0 Å². The monoisotopic (exact) mass is 338 g/mol. The molecule has 2 rings (SSSR count). The number of anilines is 1. The van der Waals surface area contributed by atoms with Crippen molar-refractivity contribution in [3.05, 3.63) is 28.2 Å². The molecule has 0 aliphatic carbocycles. The Morgan fingerprint density at radius 1 is 1.35 bits per heavy atom. The summed E-state index contributed by atoms with van der Waals surface area (Å²) in [4.78, 5) is 2.51. The van der Waals surface area contributed by atoms with E-state index in [1.54, 1.807) is 0 Å². The first kappa shape index (κ1) is 15.8. The van der Waals surface area contributed by atoms with E-state index in [2.05, 4.69) is 59.8 Å². The molecule has 1 aromatic rings. The number of hydrogen-bond donors (Lipinski definition) is 1. The molecule has 2 nitrogen and oxygen atoms in total. The van der Waals surface area contributed by atoms with Gasteiger partial charge in [-0.25, -0.2) is 0 Å². The zero-order chi connectivity index (χ0) is 14.8. The molecule has 1 fully saturated rings. The molecule has 0 bridgehead atoms. The summed E-state index contributed by atoms with van der Waals surface area (Å²) in [6.45, 7) is 9.13. The number of piperidine rings is 1. The van der Waals surface area contributed by atoms with Gasteiger partial charge in [0.2, 0.25) is 0 Å². The number of nitrogens with two attached hydrogens (primary N) is 1. The highest BCUT2D eigenvalue weighted by molar-refractivity contribution is 9.10. The summed E-state index contributed by atoms with van der Waals surface area (Å²) in [5.41, 5.74) is 9.07. The summed E-state index contributed by atoms with van der Waals surface area (Å²) >= 11 is 3.70. The van der Waals surface area contributed by atoms with Gasteiger partial charge in [-0.05, 0) is 49.3 Å². The summed E-state index contributed by atoms with van der Waals surface area (Å²) in [5.74, 6) is 0. The lowest BCUT2D eigenvalue weighted by molar-refractivity contribution is 0.238. The molecule has 1 atom stereocenters. The number of benzene rings is 1. The zero-order valence-electron chi connectivity index (χ0n) is 13.0. The van der Waals surface area contributed by atoms with E-state index in [4.69, 9.17) is 5.73 Å².